The molecule has 4 nitrogen and oxygen atoms in total. The average Bonchev–Trinajstić information content (AvgIpc) is 3.07. The van der Waals surface area contributed by atoms with Crippen molar-refractivity contribution in [1.29, 1.82) is 0 Å². The molecule has 1 heterocycles. The molecule has 1 saturated carbocycles. The zero-order chi connectivity index (χ0) is 11.7. The summed E-state index contributed by atoms with van der Waals surface area (Å²) in [5, 5.41) is 11.1. The van der Waals surface area contributed by atoms with Crippen molar-refractivity contribution < 1.29 is 4.42 Å². The minimum atomic E-state index is 0.559. The van der Waals surface area contributed by atoms with E-state index < -0.39 is 0 Å². The summed E-state index contributed by atoms with van der Waals surface area (Å²) in [6.07, 6.45) is 4.05. The van der Waals surface area contributed by atoms with E-state index in [-0.39, 0.29) is 0 Å². The fraction of sp³-hybridized carbons (Fsp3) is 0.385. The monoisotopic (exact) mass is 229 g/mol. The van der Waals surface area contributed by atoms with E-state index in [9.17, 15) is 0 Å². The number of hydrogen-bond donors (Lipinski definition) is 1. The Morgan fingerprint density at radius 3 is 2.65 bits per heavy atom. The van der Waals surface area contributed by atoms with E-state index in [1.165, 1.54) is 19.2 Å². The normalized spacial score (nSPS) is 16.8. The maximum Gasteiger partial charge on any atom is 0.247 e. The van der Waals surface area contributed by atoms with Gasteiger partial charge in [-0.15, -0.1) is 10.2 Å². The van der Waals surface area contributed by atoms with Gasteiger partial charge >= 0.3 is 0 Å². The molecule has 0 amide bonds. The van der Waals surface area contributed by atoms with Crippen LogP contribution in [0.3, 0.4) is 0 Å². The highest BCUT2D eigenvalue weighted by Crippen LogP contribution is 2.34. The standard InChI is InChI=1S/C13H15N3O/c1-9(10-2-3-10)15-12-6-4-11(5-7-12)13-16-14-8-17-13/h4-10,15H,2-3H2,1H3. The lowest BCUT2D eigenvalue weighted by Crippen LogP contribution is -2.16. The molecular formula is C13H15N3O. The summed E-state index contributed by atoms with van der Waals surface area (Å²) in [6.45, 7) is 2.24. The van der Waals surface area contributed by atoms with Crippen molar-refractivity contribution in [2.45, 2.75) is 25.8 Å². The van der Waals surface area contributed by atoms with Gasteiger partial charge in [-0.25, -0.2) is 0 Å². The minimum Gasteiger partial charge on any atom is -0.423 e. The topological polar surface area (TPSA) is 51.0 Å². The van der Waals surface area contributed by atoms with Crippen LogP contribution in [0, 0.1) is 5.92 Å². The largest absolute Gasteiger partial charge is 0.423 e. The Labute approximate surface area is 100 Å². The second kappa shape index (κ2) is 4.20. The maximum atomic E-state index is 5.15. The number of aromatic nitrogens is 2. The highest BCUT2D eigenvalue weighted by Gasteiger charge is 2.27. The van der Waals surface area contributed by atoms with Crippen LogP contribution >= 0.6 is 0 Å². The van der Waals surface area contributed by atoms with Crippen molar-refractivity contribution in [1.82, 2.24) is 10.2 Å². The first kappa shape index (κ1) is 10.3. The SMILES string of the molecule is CC(Nc1ccc(-c2nnco2)cc1)C1CC1. The molecule has 1 unspecified atom stereocenters. The third kappa shape index (κ3) is 2.30. The van der Waals surface area contributed by atoms with Gasteiger partial charge in [0.2, 0.25) is 12.3 Å². The molecule has 2 aromatic rings. The molecule has 17 heavy (non-hydrogen) atoms. The molecule has 1 aliphatic rings. The Morgan fingerprint density at radius 2 is 2.06 bits per heavy atom. The van der Waals surface area contributed by atoms with E-state index >= 15 is 0 Å². The Morgan fingerprint density at radius 1 is 1.29 bits per heavy atom. The third-order valence-electron chi connectivity index (χ3n) is 3.22. The Balaban J connectivity index is 1.71. The molecule has 3 rings (SSSR count). The van der Waals surface area contributed by atoms with Crippen molar-refractivity contribution in [3.63, 3.8) is 0 Å². The van der Waals surface area contributed by atoms with Crippen LogP contribution in [0.25, 0.3) is 11.5 Å². The van der Waals surface area contributed by atoms with E-state index in [2.05, 4.69) is 34.6 Å². The summed E-state index contributed by atoms with van der Waals surface area (Å²) in [7, 11) is 0. The quantitative estimate of drug-likeness (QED) is 0.875. The number of anilines is 1. The summed E-state index contributed by atoms with van der Waals surface area (Å²) in [6, 6.07) is 8.66. The lowest BCUT2D eigenvalue weighted by atomic mass is 10.1. The van der Waals surface area contributed by atoms with Gasteiger partial charge in [0.05, 0.1) is 0 Å². The van der Waals surface area contributed by atoms with Crippen molar-refractivity contribution >= 4 is 5.69 Å². The van der Waals surface area contributed by atoms with Crippen molar-refractivity contribution in [3.8, 4) is 11.5 Å². The second-order valence-electron chi connectivity index (χ2n) is 4.59. The summed E-state index contributed by atoms with van der Waals surface area (Å²) in [4.78, 5) is 0. The van der Waals surface area contributed by atoms with Crippen LogP contribution in [0.1, 0.15) is 19.8 Å². The van der Waals surface area contributed by atoms with E-state index in [1.54, 1.807) is 0 Å². The molecule has 1 atom stereocenters. The zero-order valence-corrected chi connectivity index (χ0v) is 9.76. The van der Waals surface area contributed by atoms with Crippen LogP contribution in [0.4, 0.5) is 5.69 Å². The van der Waals surface area contributed by atoms with Gasteiger partial charge in [-0.05, 0) is 49.9 Å². The first-order chi connectivity index (χ1) is 8.33. The number of nitrogens with one attached hydrogen (secondary N) is 1. The summed E-state index contributed by atoms with van der Waals surface area (Å²) < 4.78 is 5.15. The second-order valence-corrected chi connectivity index (χ2v) is 4.59. The summed E-state index contributed by atoms with van der Waals surface area (Å²) >= 11 is 0. The Bertz CT molecular complexity index is 474. The van der Waals surface area contributed by atoms with Gasteiger partial charge in [0, 0.05) is 17.3 Å². The van der Waals surface area contributed by atoms with Gasteiger partial charge < -0.3 is 9.73 Å². The van der Waals surface area contributed by atoms with E-state index in [0.717, 1.165) is 17.2 Å². The molecule has 0 bridgehead atoms. The molecule has 0 saturated heterocycles. The molecule has 0 spiro atoms. The smallest absolute Gasteiger partial charge is 0.247 e. The summed E-state index contributed by atoms with van der Waals surface area (Å²) in [5.74, 6) is 1.41. The fourth-order valence-electron chi connectivity index (χ4n) is 1.98. The predicted molar refractivity (Wildman–Crippen MR) is 65.5 cm³/mol. The molecule has 88 valence electrons. The molecule has 1 N–H and O–H groups in total. The van der Waals surface area contributed by atoms with E-state index in [1.807, 2.05) is 12.1 Å². The van der Waals surface area contributed by atoms with E-state index in [4.69, 9.17) is 4.42 Å². The van der Waals surface area contributed by atoms with Gasteiger partial charge in [-0.2, -0.15) is 0 Å². The molecule has 1 fully saturated rings. The van der Waals surface area contributed by atoms with E-state index in [0.29, 0.717) is 11.9 Å². The van der Waals surface area contributed by atoms with Crippen LogP contribution in [0.2, 0.25) is 0 Å². The molecule has 1 aliphatic carbocycles. The maximum absolute atomic E-state index is 5.15. The fourth-order valence-corrected chi connectivity index (χ4v) is 1.98. The van der Waals surface area contributed by atoms with Gasteiger partial charge in [0.15, 0.2) is 0 Å². The number of nitrogens with zero attached hydrogens (tertiary/aromatic N) is 2. The van der Waals surface area contributed by atoms with Gasteiger partial charge in [-0.3, -0.25) is 0 Å². The van der Waals surface area contributed by atoms with Crippen molar-refractivity contribution in [3.05, 3.63) is 30.7 Å². The number of hydrogen-bond acceptors (Lipinski definition) is 4. The number of rotatable bonds is 4. The summed E-state index contributed by atoms with van der Waals surface area (Å²) in [5.41, 5.74) is 2.10. The molecule has 0 aliphatic heterocycles. The lowest BCUT2D eigenvalue weighted by Gasteiger charge is -2.14. The first-order valence-corrected chi connectivity index (χ1v) is 5.96. The van der Waals surface area contributed by atoms with Crippen LogP contribution in [-0.4, -0.2) is 16.2 Å². The minimum absolute atomic E-state index is 0.559. The molecule has 0 radical (unpaired) electrons. The zero-order valence-electron chi connectivity index (χ0n) is 9.76. The van der Waals surface area contributed by atoms with Gasteiger partial charge in [0.1, 0.15) is 0 Å². The highest BCUT2D eigenvalue weighted by atomic mass is 16.4. The van der Waals surface area contributed by atoms with Crippen LogP contribution in [-0.2, 0) is 0 Å². The third-order valence-corrected chi connectivity index (χ3v) is 3.22. The Hall–Kier alpha value is -1.84. The van der Waals surface area contributed by atoms with Gasteiger partial charge in [-0.1, -0.05) is 0 Å². The molecule has 1 aromatic carbocycles. The molecule has 4 heteroatoms. The first-order valence-electron chi connectivity index (χ1n) is 5.96. The van der Waals surface area contributed by atoms with Crippen LogP contribution in [0.15, 0.2) is 35.1 Å². The highest BCUT2D eigenvalue weighted by molar-refractivity contribution is 5.58. The molecule has 1 aromatic heterocycles. The predicted octanol–water partition coefficient (Wildman–Crippen LogP) is 2.95. The number of benzene rings is 1. The average molecular weight is 229 g/mol. The van der Waals surface area contributed by atoms with Crippen molar-refractivity contribution in [2.24, 2.45) is 5.92 Å². The Kier molecular flexibility index (Phi) is 2.55. The van der Waals surface area contributed by atoms with Crippen LogP contribution < -0.4 is 5.32 Å². The lowest BCUT2D eigenvalue weighted by molar-refractivity contribution is 0.568. The van der Waals surface area contributed by atoms with Crippen LogP contribution in [0.5, 0.6) is 0 Å². The molecular weight excluding hydrogens is 214 g/mol. The van der Waals surface area contributed by atoms with Crippen molar-refractivity contribution in [2.75, 3.05) is 5.32 Å². The van der Waals surface area contributed by atoms with Gasteiger partial charge in [0.25, 0.3) is 0 Å².